The number of piperazine rings is 1. The molecule has 1 N–H and O–H groups in total. The molecule has 32 heavy (non-hydrogen) atoms. The maximum absolute atomic E-state index is 13.0. The maximum Gasteiger partial charge on any atom is 0.227 e. The van der Waals surface area contributed by atoms with Crippen LogP contribution in [0.3, 0.4) is 0 Å². The first-order valence-electron chi connectivity index (χ1n) is 11.1. The number of likely N-dealkylation sites (N-methyl/N-ethyl adjacent to an activating group) is 1. The molecule has 0 spiro atoms. The third-order valence-corrected chi connectivity index (χ3v) is 6.94. The summed E-state index contributed by atoms with van der Waals surface area (Å²) in [6.45, 7) is 5.16. The number of methoxy groups -OCH3 is 1. The van der Waals surface area contributed by atoms with Gasteiger partial charge in [-0.2, -0.15) is 0 Å². The molecule has 8 heteroatoms. The summed E-state index contributed by atoms with van der Waals surface area (Å²) in [6, 6.07) is 11.8. The van der Waals surface area contributed by atoms with E-state index in [4.69, 9.17) is 21.3 Å². The Morgan fingerprint density at radius 2 is 1.94 bits per heavy atom. The van der Waals surface area contributed by atoms with Crippen LogP contribution < -0.4 is 9.64 Å². The minimum atomic E-state index is 0.0520. The molecule has 0 saturated carbocycles. The summed E-state index contributed by atoms with van der Waals surface area (Å²) in [5.74, 6) is 1.84. The van der Waals surface area contributed by atoms with Crippen LogP contribution in [0.15, 0.2) is 36.4 Å². The number of benzene rings is 2. The number of aromatic amines is 1. The lowest BCUT2D eigenvalue weighted by Gasteiger charge is -2.34. The number of carbonyl (C=O) groups is 1. The van der Waals surface area contributed by atoms with Crippen molar-refractivity contribution in [1.29, 1.82) is 0 Å². The highest BCUT2D eigenvalue weighted by Gasteiger charge is 2.32. The number of carbonyl (C=O) groups excluding carboxylic acids is 1. The Labute approximate surface area is 192 Å². The molecule has 3 heterocycles. The predicted molar refractivity (Wildman–Crippen MR) is 127 cm³/mol. The van der Waals surface area contributed by atoms with Crippen molar-refractivity contribution in [2.75, 3.05) is 58.3 Å². The molecular formula is C24H28ClN5O2. The van der Waals surface area contributed by atoms with Crippen molar-refractivity contribution in [2.45, 2.75) is 6.42 Å². The van der Waals surface area contributed by atoms with Crippen LogP contribution in [0.25, 0.3) is 22.4 Å². The highest BCUT2D eigenvalue weighted by molar-refractivity contribution is 6.33. The van der Waals surface area contributed by atoms with Crippen molar-refractivity contribution in [3.8, 4) is 17.1 Å². The van der Waals surface area contributed by atoms with Crippen molar-refractivity contribution < 1.29 is 9.53 Å². The minimum Gasteiger partial charge on any atom is -0.497 e. The van der Waals surface area contributed by atoms with Gasteiger partial charge in [0.15, 0.2) is 0 Å². The van der Waals surface area contributed by atoms with Crippen LogP contribution in [-0.2, 0) is 4.79 Å². The fourth-order valence-electron chi connectivity index (χ4n) is 4.61. The molecule has 0 aliphatic carbocycles. The number of imidazole rings is 1. The number of fused-ring (bicyclic) bond motifs is 1. The second kappa shape index (κ2) is 8.64. The standard InChI is InChI=1S/C24H28ClN5O2/c1-28-9-11-29(12-10-28)24(31)16-7-8-30(15-16)17-3-5-20(25)19(13-17)23-26-21-6-4-18(32-2)14-22(21)27-23/h3-6,13-14,16H,7-12,15H2,1-2H3,(H,26,27). The molecule has 2 aliphatic heterocycles. The normalized spacial score (nSPS) is 19.7. The zero-order valence-electron chi connectivity index (χ0n) is 18.5. The molecule has 5 rings (SSSR count). The van der Waals surface area contributed by atoms with Crippen LogP contribution in [0.5, 0.6) is 5.75 Å². The summed E-state index contributed by atoms with van der Waals surface area (Å²) < 4.78 is 5.31. The fourth-order valence-corrected chi connectivity index (χ4v) is 4.82. The lowest BCUT2D eigenvalue weighted by Crippen LogP contribution is -2.49. The zero-order valence-corrected chi connectivity index (χ0v) is 19.2. The highest BCUT2D eigenvalue weighted by atomic mass is 35.5. The molecule has 7 nitrogen and oxygen atoms in total. The average Bonchev–Trinajstić information content (AvgIpc) is 3.46. The summed E-state index contributed by atoms with van der Waals surface area (Å²) in [4.78, 5) is 27.7. The van der Waals surface area contributed by atoms with E-state index in [9.17, 15) is 4.79 Å². The van der Waals surface area contributed by atoms with E-state index in [1.165, 1.54) is 0 Å². The van der Waals surface area contributed by atoms with Crippen LogP contribution in [0.2, 0.25) is 5.02 Å². The number of anilines is 1. The van der Waals surface area contributed by atoms with E-state index < -0.39 is 0 Å². The van der Waals surface area contributed by atoms with Gasteiger partial charge in [0.2, 0.25) is 5.91 Å². The Morgan fingerprint density at radius 1 is 1.12 bits per heavy atom. The Hall–Kier alpha value is -2.77. The molecule has 168 valence electrons. The Kier molecular flexibility index (Phi) is 5.69. The maximum atomic E-state index is 13.0. The number of hydrogen-bond donors (Lipinski definition) is 1. The number of nitrogens with one attached hydrogen (secondary N) is 1. The number of rotatable bonds is 4. The SMILES string of the molecule is COc1ccc2[nH]c(-c3cc(N4CCC(C(=O)N5CCN(C)CC5)C4)ccc3Cl)nc2c1. The molecule has 2 aliphatic rings. The summed E-state index contributed by atoms with van der Waals surface area (Å²) >= 11 is 6.55. The first kappa shape index (κ1) is 21.1. The molecule has 1 unspecified atom stereocenters. The van der Waals surface area contributed by atoms with Gasteiger partial charge in [-0.1, -0.05) is 11.6 Å². The van der Waals surface area contributed by atoms with Crippen LogP contribution in [0.1, 0.15) is 6.42 Å². The van der Waals surface area contributed by atoms with Crippen molar-refractivity contribution in [2.24, 2.45) is 5.92 Å². The molecule has 1 aromatic heterocycles. The fraction of sp³-hybridized carbons (Fsp3) is 0.417. The molecule has 3 aromatic rings. The van der Waals surface area contributed by atoms with Gasteiger partial charge in [0.05, 0.1) is 29.1 Å². The van der Waals surface area contributed by atoms with Crippen LogP contribution in [0.4, 0.5) is 5.69 Å². The number of halogens is 1. The molecule has 2 aromatic carbocycles. The van der Waals surface area contributed by atoms with Crippen molar-refractivity contribution in [3.63, 3.8) is 0 Å². The van der Waals surface area contributed by atoms with E-state index in [1.54, 1.807) is 7.11 Å². The van der Waals surface area contributed by atoms with Gasteiger partial charge in [0, 0.05) is 56.6 Å². The van der Waals surface area contributed by atoms with Crippen molar-refractivity contribution in [1.82, 2.24) is 19.8 Å². The summed E-state index contributed by atoms with van der Waals surface area (Å²) in [5, 5.41) is 0.643. The van der Waals surface area contributed by atoms with Gasteiger partial charge in [-0.15, -0.1) is 0 Å². The Balaban J connectivity index is 1.35. The van der Waals surface area contributed by atoms with Gasteiger partial charge in [0.25, 0.3) is 0 Å². The first-order chi connectivity index (χ1) is 15.5. The number of ether oxygens (including phenoxy) is 1. The number of amides is 1. The third kappa shape index (κ3) is 4.02. The van der Waals surface area contributed by atoms with Crippen LogP contribution in [-0.4, -0.2) is 79.1 Å². The molecular weight excluding hydrogens is 426 g/mol. The van der Waals surface area contributed by atoms with E-state index in [2.05, 4.69) is 27.9 Å². The van der Waals surface area contributed by atoms with Crippen LogP contribution in [0, 0.1) is 5.92 Å². The second-order valence-electron chi connectivity index (χ2n) is 8.69. The number of aromatic nitrogens is 2. The second-order valence-corrected chi connectivity index (χ2v) is 9.10. The van der Waals surface area contributed by atoms with Crippen molar-refractivity contribution in [3.05, 3.63) is 41.4 Å². The van der Waals surface area contributed by atoms with E-state index in [1.807, 2.05) is 35.2 Å². The average molecular weight is 454 g/mol. The quantitative estimate of drug-likeness (QED) is 0.655. The minimum absolute atomic E-state index is 0.0520. The Bertz CT molecular complexity index is 1140. The molecule has 0 bridgehead atoms. The summed E-state index contributed by atoms with van der Waals surface area (Å²) in [7, 11) is 3.75. The Morgan fingerprint density at radius 3 is 2.72 bits per heavy atom. The summed E-state index contributed by atoms with van der Waals surface area (Å²) in [5.41, 5.74) is 3.69. The van der Waals surface area contributed by atoms with E-state index in [0.717, 1.165) is 79.5 Å². The molecule has 1 amide bonds. The monoisotopic (exact) mass is 453 g/mol. The lowest BCUT2D eigenvalue weighted by atomic mass is 10.1. The largest absolute Gasteiger partial charge is 0.497 e. The van der Waals surface area contributed by atoms with Gasteiger partial charge >= 0.3 is 0 Å². The first-order valence-corrected chi connectivity index (χ1v) is 11.5. The smallest absolute Gasteiger partial charge is 0.227 e. The van der Waals surface area contributed by atoms with Gasteiger partial charge in [-0.25, -0.2) is 4.98 Å². The number of H-pyrrole nitrogens is 1. The third-order valence-electron chi connectivity index (χ3n) is 6.61. The molecule has 0 radical (unpaired) electrons. The van der Waals surface area contributed by atoms with Gasteiger partial charge in [-0.05, 0) is 43.8 Å². The van der Waals surface area contributed by atoms with E-state index >= 15 is 0 Å². The topological polar surface area (TPSA) is 64.7 Å². The lowest BCUT2D eigenvalue weighted by molar-refractivity contribution is -0.136. The van der Waals surface area contributed by atoms with E-state index in [-0.39, 0.29) is 5.92 Å². The molecule has 1 atom stereocenters. The summed E-state index contributed by atoms with van der Waals surface area (Å²) in [6.07, 6.45) is 0.883. The highest BCUT2D eigenvalue weighted by Crippen LogP contribution is 2.34. The van der Waals surface area contributed by atoms with E-state index in [0.29, 0.717) is 10.9 Å². The van der Waals surface area contributed by atoms with Crippen molar-refractivity contribution >= 4 is 34.2 Å². The van der Waals surface area contributed by atoms with Crippen LogP contribution >= 0.6 is 11.6 Å². The number of nitrogens with zero attached hydrogens (tertiary/aromatic N) is 4. The molecule has 2 saturated heterocycles. The predicted octanol–water partition coefficient (Wildman–Crippen LogP) is 3.49. The van der Waals surface area contributed by atoms with Gasteiger partial charge < -0.3 is 24.4 Å². The zero-order chi connectivity index (χ0) is 22.2. The number of hydrogen-bond acceptors (Lipinski definition) is 5. The van der Waals surface area contributed by atoms with Gasteiger partial charge in [-0.3, -0.25) is 4.79 Å². The molecule has 2 fully saturated rings. The van der Waals surface area contributed by atoms with Gasteiger partial charge in [0.1, 0.15) is 11.6 Å².